The molecule has 0 unspecified atom stereocenters. The summed E-state index contributed by atoms with van der Waals surface area (Å²) in [6, 6.07) is 15.2. The molecule has 1 aromatic heterocycles. The number of oxazole rings is 1. The van der Waals surface area contributed by atoms with E-state index in [0.717, 1.165) is 28.3 Å². The third-order valence-corrected chi connectivity index (χ3v) is 3.72. The maximum Gasteiger partial charge on any atom is 0.238 e. The van der Waals surface area contributed by atoms with E-state index in [-0.39, 0.29) is 5.91 Å². The second-order valence-electron chi connectivity index (χ2n) is 6.29. The first-order valence-corrected chi connectivity index (χ1v) is 8.50. The molecule has 1 amide bonds. The quantitative estimate of drug-likeness (QED) is 0.640. The van der Waals surface area contributed by atoms with Crippen molar-refractivity contribution >= 4 is 17.3 Å². The van der Waals surface area contributed by atoms with E-state index < -0.39 is 0 Å². The summed E-state index contributed by atoms with van der Waals surface area (Å²) < 4.78 is 5.26. The lowest BCUT2D eigenvalue weighted by molar-refractivity contribution is -0.116. The van der Waals surface area contributed by atoms with Crippen LogP contribution >= 0.6 is 0 Å². The van der Waals surface area contributed by atoms with Crippen molar-refractivity contribution in [1.82, 2.24) is 9.88 Å². The van der Waals surface area contributed by atoms with E-state index in [9.17, 15) is 4.79 Å². The maximum atomic E-state index is 11.7. The molecule has 3 rings (SSSR count). The standard InChI is InChI=1S/C20H21N5O2/c1-25(2)13-20(26)23-17-7-3-15(4-8-17)11-22-24-18-9-5-16(6-10-18)19-12-21-14-27-19/h3-10,12,14H,11,13H2,1-2H3,(H,23,26). The number of likely N-dealkylation sites (N-methyl/N-ethyl adjacent to an activating group) is 1. The van der Waals surface area contributed by atoms with Crippen LogP contribution in [0.5, 0.6) is 0 Å². The van der Waals surface area contributed by atoms with Crippen molar-refractivity contribution in [2.75, 3.05) is 26.0 Å². The number of aromatic nitrogens is 1. The van der Waals surface area contributed by atoms with Crippen LogP contribution in [0.25, 0.3) is 11.3 Å². The molecular formula is C20H21N5O2. The Balaban J connectivity index is 1.53. The molecule has 0 radical (unpaired) electrons. The number of azo groups is 1. The van der Waals surface area contributed by atoms with Crippen LogP contribution in [0.3, 0.4) is 0 Å². The minimum Gasteiger partial charge on any atom is -0.444 e. The Bertz CT molecular complexity index is 885. The number of carbonyl (C=O) groups excluding carboxylic acids is 1. The Kier molecular flexibility index (Phi) is 6.06. The van der Waals surface area contributed by atoms with Crippen LogP contribution in [0.2, 0.25) is 0 Å². The lowest BCUT2D eigenvalue weighted by Crippen LogP contribution is -2.27. The smallest absolute Gasteiger partial charge is 0.238 e. The van der Waals surface area contributed by atoms with E-state index in [1.54, 1.807) is 6.20 Å². The van der Waals surface area contributed by atoms with E-state index in [1.807, 2.05) is 67.5 Å². The Hall–Kier alpha value is -3.32. The first-order valence-electron chi connectivity index (χ1n) is 8.50. The van der Waals surface area contributed by atoms with E-state index >= 15 is 0 Å². The zero-order valence-electron chi connectivity index (χ0n) is 15.3. The highest BCUT2D eigenvalue weighted by Gasteiger charge is 2.03. The van der Waals surface area contributed by atoms with Crippen LogP contribution in [-0.2, 0) is 11.3 Å². The zero-order valence-corrected chi connectivity index (χ0v) is 15.3. The van der Waals surface area contributed by atoms with E-state index in [0.29, 0.717) is 13.1 Å². The fourth-order valence-corrected chi connectivity index (χ4v) is 2.43. The lowest BCUT2D eigenvalue weighted by atomic mass is 10.2. The molecule has 1 heterocycles. The summed E-state index contributed by atoms with van der Waals surface area (Å²) in [4.78, 5) is 17.5. The third kappa shape index (κ3) is 5.58. The average Bonchev–Trinajstić information content (AvgIpc) is 3.18. The molecule has 0 saturated heterocycles. The van der Waals surface area contributed by atoms with Gasteiger partial charge in [0.15, 0.2) is 12.2 Å². The summed E-state index contributed by atoms with van der Waals surface area (Å²) in [7, 11) is 3.71. The normalized spacial score (nSPS) is 11.2. The molecule has 0 fully saturated rings. The molecule has 7 heteroatoms. The van der Waals surface area contributed by atoms with Gasteiger partial charge in [-0.3, -0.25) is 4.79 Å². The molecular weight excluding hydrogens is 342 g/mol. The van der Waals surface area contributed by atoms with Gasteiger partial charge in [0.2, 0.25) is 5.91 Å². The summed E-state index contributed by atoms with van der Waals surface area (Å²) in [5, 5.41) is 11.3. The minimum absolute atomic E-state index is 0.0405. The fraction of sp³-hybridized carbons (Fsp3) is 0.200. The first kappa shape index (κ1) is 18.5. The van der Waals surface area contributed by atoms with Crippen molar-refractivity contribution in [2.24, 2.45) is 10.2 Å². The largest absolute Gasteiger partial charge is 0.444 e. The third-order valence-electron chi connectivity index (χ3n) is 3.72. The molecule has 0 bridgehead atoms. The van der Waals surface area contributed by atoms with Crippen molar-refractivity contribution in [3.8, 4) is 11.3 Å². The number of rotatable bonds is 7. The van der Waals surface area contributed by atoms with Gasteiger partial charge in [-0.1, -0.05) is 12.1 Å². The minimum atomic E-state index is -0.0405. The van der Waals surface area contributed by atoms with Crippen LogP contribution in [0.4, 0.5) is 11.4 Å². The van der Waals surface area contributed by atoms with Crippen molar-refractivity contribution in [3.63, 3.8) is 0 Å². The summed E-state index contributed by atoms with van der Waals surface area (Å²) in [5.74, 6) is 0.678. The predicted octanol–water partition coefficient (Wildman–Crippen LogP) is 4.13. The number of hydrogen-bond acceptors (Lipinski definition) is 6. The number of hydrogen-bond donors (Lipinski definition) is 1. The molecule has 0 saturated carbocycles. The van der Waals surface area contributed by atoms with Crippen LogP contribution in [0.15, 0.2) is 75.8 Å². The molecule has 0 aliphatic rings. The molecule has 1 N–H and O–H groups in total. The molecule has 0 aliphatic heterocycles. The van der Waals surface area contributed by atoms with E-state index in [1.165, 1.54) is 6.39 Å². The Labute approximate surface area is 157 Å². The number of carbonyl (C=O) groups is 1. The summed E-state index contributed by atoms with van der Waals surface area (Å²) in [5.41, 5.74) is 3.50. The number of anilines is 1. The summed E-state index contributed by atoms with van der Waals surface area (Å²) in [6.07, 6.45) is 3.07. The first-order chi connectivity index (χ1) is 13.1. The molecule has 0 atom stereocenters. The molecule has 2 aromatic carbocycles. The molecule has 27 heavy (non-hydrogen) atoms. The molecule has 7 nitrogen and oxygen atoms in total. The van der Waals surface area contributed by atoms with Crippen LogP contribution in [0, 0.1) is 0 Å². The lowest BCUT2D eigenvalue weighted by Gasteiger charge is -2.10. The number of amides is 1. The predicted molar refractivity (Wildman–Crippen MR) is 104 cm³/mol. The number of nitrogens with one attached hydrogen (secondary N) is 1. The maximum absolute atomic E-state index is 11.7. The van der Waals surface area contributed by atoms with Gasteiger partial charge in [0.25, 0.3) is 0 Å². The van der Waals surface area contributed by atoms with E-state index in [4.69, 9.17) is 4.42 Å². The van der Waals surface area contributed by atoms with Gasteiger partial charge in [0, 0.05) is 11.3 Å². The van der Waals surface area contributed by atoms with Gasteiger partial charge in [0.1, 0.15) is 0 Å². The van der Waals surface area contributed by atoms with Gasteiger partial charge in [0.05, 0.1) is 25.0 Å². The van der Waals surface area contributed by atoms with Gasteiger partial charge in [-0.2, -0.15) is 10.2 Å². The van der Waals surface area contributed by atoms with Crippen LogP contribution in [0.1, 0.15) is 5.56 Å². The summed E-state index contributed by atoms with van der Waals surface area (Å²) >= 11 is 0. The average molecular weight is 363 g/mol. The van der Waals surface area contributed by atoms with E-state index in [2.05, 4.69) is 20.5 Å². The van der Waals surface area contributed by atoms with Gasteiger partial charge < -0.3 is 14.6 Å². The van der Waals surface area contributed by atoms with Crippen molar-refractivity contribution in [1.29, 1.82) is 0 Å². The molecule has 138 valence electrons. The Morgan fingerprint density at radius 2 is 1.85 bits per heavy atom. The van der Waals surface area contributed by atoms with Crippen molar-refractivity contribution < 1.29 is 9.21 Å². The number of nitrogens with zero attached hydrogens (tertiary/aromatic N) is 4. The zero-order chi connectivity index (χ0) is 19.1. The molecule has 0 spiro atoms. The Morgan fingerprint density at radius 1 is 1.11 bits per heavy atom. The van der Waals surface area contributed by atoms with Gasteiger partial charge in [-0.05, 0) is 56.1 Å². The second kappa shape index (κ2) is 8.86. The highest BCUT2D eigenvalue weighted by molar-refractivity contribution is 5.92. The SMILES string of the molecule is CN(C)CC(=O)Nc1ccc(CN=Nc2ccc(-c3cnco3)cc2)cc1. The highest BCUT2D eigenvalue weighted by atomic mass is 16.3. The number of benzene rings is 2. The van der Waals surface area contributed by atoms with Crippen molar-refractivity contribution in [3.05, 3.63) is 66.7 Å². The molecule has 3 aromatic rings. The Morgan fingerprint density at radius 3 is 2.48 bits per heavy atom. The fourth-order valence-electron chi connectivity index (χ4n) is 2.43. The highest BCUT2D eigenvalue weighted by Crippen LogP contribution is 2.22. The monoisotopic (exact) mass is 363 g/mol. The van der Waals surface area contributed by atoms with Crippen LogP contribution in [-0.4, -0.2) is 36.4 Å². The summed E-state index contributed by atoms with van der Waals surface area (Å²) in [6.45, 7) is 0.820. The topological polar surface area (TPSA) is 83.1 Å². The molecule has 0 aliphatic carbocycles. The van der Waals surface area contributed by atoms with Crippen molar-refractivity contribution in [2.45, 2.75) is 6.54 Å². The second-order valence-corrected chi connectivity index (χ2v) is 6.29. The van der Waals surface area contributed by atoms with Crippen LogP contribution < -0.4 is 5.32 Å². The van der Waals surface area contributed by atoms with Gasteiger partial charge in [-0.15, -0.1) is 0 Å². The van der Waals surface area contributed by atoms with Gasteiger partial charge in [-0.25, -0.2) is 4.98 Å². The van der Waals surface area contributed by atoms with Gasteiger partial charge >= 0.3 is 0 Å².